The number of ether oxygens (including phenoxy) is 1. The van der Waals surface area contributed by atoms with Crippen molar-refractivity contribution in [2.45, 2.75) is 123 Å². The molecule has 0 spiro atoms. The van der Waals surface area contributed by atoms with Crippen molar-refractivity contribution in [3.05, 3.63) is 0 Å². The van der Waals surface area contributed by atoms with E-state index in [4.69, 9.17) is 4.74 Å². The van der Waals surface area contributed by atoms with Gasteiger partial charge in [-0.15, -0.1) is 0 Å². The Bertz CT molecular complexity index is 326. The number of unbranched alkanes of at least 4 members (excludes halogenated alkanes) is 9. The quantitative estimate of drug-likeness (QED) is 0.217. The van der Waals surface area contributed by atoms with Gasteiger partial charge >= 0.3 is 5.97 Å². The maximum atomic E-state index is 12.0. The number of rotatable bonds is 17. The molecule has 0 saturated carbocycles. The maximum Gasteiger partial charge on any atom is 0.306 e. The van der Waals surface area contributed by atoms with Gasteiger partial charge in [-0.2, -0.15) is 0 Å². The Morgan fingerprint density at radius 2 is 1.46 bits per heavy atom. The SMILES string of the molecule is CCCCCCCCCCC(CC)OC(=O)CCCCCN1CCCC1. The van der Waals surface area contributed by atoms with Crippen molar-refractivity contribution in [2.75, 3.05) is 19.6 Å². The molecule has 1 fully saturated rings. The number of nitrogens with zero attached hydrogens (tertiary/aromatic N) is 1. The summed E-state index contributed by atoms with van der Waals surface area (Å²) in [7, 11) is 0. The summed E-state index contributed by atoms with van der Waals surface area (Å²) in [6.45, 7) is 8.17. The molecule has 0 aromatic rings. The topological polar surface area (TPSA) is 29.5 Å². The summed E-state index contributed by atoms with van der Waals surface area (Å²) in [6.07, 6.45) is 19.5. The fourth-order valence-corrected chi connectivity index (χ4v) is 3.88. The smallest absolute Gasteiger partial charge is 0.306 e. The number of likely N-dealkylation sites (tertiary alicyclic amines) is 1. The average Bonchev–Trinajstić information content (AvgIpc) is 3.16. The van der Waals surface area contributed by atoms with E-state index in [2.05, 4.69) is 18.7 Å². The lowest BCUT2D eigenvalue weighted by atomic mass is 10.0. The van der Waals surface area contributed by atoms with Crippen LogP contribution in [0.4, 0.5) is 0 Å². The van der Waals surface area contributed by atoms with E-state index < -0.39 is 0 Å². The van der Waals surface area contributed by atoms with E-state index >= 15 is 0 Å². The van der Waals surface area contributed by atoms with Gasteiger partial charge in [-0.25, -0.2) is 0 Å². The Kier molecular flexibility index (Phi) is 15.0. The lowest BCUT2D eigenvalue weighted by Gasteiger charge is -2.16. The molecule has 1 heterocycles. The van der Waals surface area contributed by atoms with Gasteiger partial charge in [-0.1, -0.05) is 65.2 Å². The van der Waals surface area contributed by atoms with Gasteiger partial charge < -0.3 is 9.64 Å². The lowest BCUT2D eigenvalue weighted by Crippen LogP contribution is -2.20. The Labute approximate surface area is 163 Å². The van der Waals surface area contributed by atoms with Crippen LogP contribution in [0.5, 0.6) is 0 Å². The zero-order valence-electron chi connectivity index (χ0n) is 17.8. The molecule has 0 aromatic carbocycles. The van der Waals surface area contributed by atoms with Crippen molar-refractivity contribution >= 4 is 5.97 Å². The molecule has 1 unspecified atom stereocenters. The van der Waals surface area contributed by atoms with E-state index in [0.29, 0.717) is 6.42 Å². The Morgan fingerprint density at radius 1 is 0.846 bits per heavy atom. The highest BCUT2D eigenvalue weighted by atomic mass is 16.5. The minimum Gasteiger partial charge on any atom is -0.462 e. The summed E-state index contributed by atoms with van der Waals surface area (Å²) in [5.74, 6) is 0.0255. The maximum absolute atomic E-state index is 12.0. The zero-order chi connectivity index (χ0) is 18.9. The highest BCUT2D eigenvalue weighted by Gasteiger charge is 2.13. The third-order valence-corrected chi connectivity index (χ3v) is 5.69. The summed E-state index contributed by atoms with van der Waals surface area (Å²) < 4.78 is 5.69. The molecule has 0 aliphatic carbocycles. The molecule has 0 aromatic heterocycles. The van der Waals surface area contributed by atoms with E-state index in [1.807, 2.05) is 0 Å². The van der Waals surface area contributed by atoms with E-state index in [9.17, 15) is 4.79 Å². The van der Waals surface area contributed by atoms with Gasteiger partial charge in [-0.3, -0.25) is 4.79 Å². The van der Waals surface area contributed by atoms with Crippen molar-refractivity contribution in [1.82, 2.24) is 4.90 Å². The molecule has 1 rings (SSSR count). The molecule has 1 atom stereocenters. The number of hydrogen-bond donors (Lipinski definition) is 0. The molecular formula is C23H45NO2. The standard InChI is InChI=1S/C23H45NO2/c1-3-5-6-7-8-9-10-12-17-22(4-2)26-23(25)18-13-11-14-19-24-20-15-16-21-24/h22H,3-21H2,1-2H3. The molecule has 154 valence electrons. The third-order valence-electron chi connectivity index (χ3n) is 5.69. The highest BCUT2D eigenvalue weighted by Crippen LogP contribution is 2.15. The second-order valence-corrected chi connectivity index (χ2v) is 8.14. The molecule has 0 bridgehead atoms. The molecule has 1 saturated heterocycles. The van der Waals surface area contributed by atoms with Crippen LogP contribution in [0.2, 0.25) is 0 Å². The van der Waals surface area contributed by atoms with Gasteiger partial charge in [-0.05, 0) is 64.6 Å². The predicted octanol–water partition coefficient (Wildman–Crippen LogP) is 6.50. The minimum absolute atomic E-state index is 0.0255. The van der Waals surface area contributed by atoms with Crippen molar-refractivity contribution < 1.29 is 9.53 Å². The van der Waals surface area contributed by atoms with Crippen LogP contribution in [0.15, 0.2) is 0 Å². The fraction of sp³-hybridized carbons (Fsp3) is 0.957. The van der Waals surface area contributed by atoms with Gasteiger partial charge in [0.05, 0.1) is 0 Å². The van der Waals surface area contributed by atoms with Crippen LogP contribution < -0.4 is 0 Å². The second kappa shape index (κ2) is 16.6. The van der Waals surface area contributed by atoms with E-state index in [0.717, 1.165) is 25.7 Å². The molecule has 3 heteroatoms. The first-order valence-corrected chi connectivity index (χ1v) is 11.7. The molecular weight excluding hydrogens is 322 g/mol. The zero-order valence-corrected chi connectivity index (χ0v) is 17.8. The Hall–Kier alpha value is -0.570. The van der Waals surface area contributed by atoms with Crippen LogP contribution in [0.25, 0.3) is 0 Å². The molecule has 3 nitrogen and oxygen atoms in total. The fourth-order valence-electron chi connectivity index (χ4n) is 3.88. The molecule has 1 aliphatic heterocycles. The summed E-state index contributed by atoms with van der Waals surface area (Å²) in [4.78, 5) is 14.6. The first kappa shape index (κ1) is 23.5. The normalized spacial score (nSPS) is 16.1. The van der Waals surface area contributed by atoms with Gasteiger partial charge in [0.15, 0.2) is 0 Å². The van der Waals surface area contributed by atoms with Gasteiger partial charge in [0, 0.05) is 6.42 Å². The minimum atomic E-state index is 0.0255. The highest BCUT2D eigenvalue weighted by molar-refractivity contribution is 5.69. The van der Waals surface area contributed by atoms with Crippen LogP contribution in [-0.4, -0.2) is 36.6 Å². The summed E-state index contributed by atoms with van der Waals surface area (Å²) in [5, 5.41) is 0. The average molecular weight is 368 g/mol. The third kappa shape index (κ3) is 12.7. The van der Waals surface area contributed by atoms with Crippen LogP contribution in [0.1, 0.15) is 117 Å². The largest absolute Gasteiger partial charge is 0.462 e. The number of hydrogen-bond acceptors (Lipinski definition) is 3. The summed E-state index contributed by atoms with van der Waals surface area (Å²) >= 11 is 0. The second-order valence-electron chi connectivity index (χ2n) is 8.14. The number of esters is 1. The van der Waals surface area contributed by atoms with Crippen molar-refractivity contribution in [3.8, 4) is 0 Å². The first-order valence-electron chi connectivity index (χ1n) is 11.7. The first-order chi connectivity index (χ1) is 12.8. The van der Waals surface area contributed by atoms with E-state index in [-0.39, 0.29) is 12.1 Å². The van der Waals surface area contributed by atoms with Crippen molar-refractivity contribution in [3.63, 3.8) is 0 Å². The van der Waals surface area contributed by atoms with E-state index in [1.54, 1.807) is 0 Å². The van der Waals surface area contributed by atoms with Crippen LogP contribution in [-0.2, 0) is 9.53 Å². The molecule has 1 aliphatic rings. The van der Waals surface area contributed by atoms with Gasteiger partial charge in [0.1, 0.15) is 6.10 Å². The molecule has 26 heavy (non-hydrogen) atoms. The lowest BCUT2D eigenvalue weighted by molar-refractivity contribution is -0.149. The molecule has 0 N–H and O–H groups in total. The predicted molar refractivity (Wildman–Crippen MR) is 112 cm³/mol. The molecule has 0 amide bonds. The van der Waals surface area contributed by atoms with Gasteiger partial charge in [0.2, 0.25) is 0 Å². The Morgan fingerprint density at radius 3 is 2.12 bits per heavy atom. The van der Waals surface area contributed by atoms with Crippen LogP contribution in [0, 0.1) is 0 Å². The summed E-state index contributed by atoms with van der Waals surface area (Å²) in [6, 6.07) is 0. The van der Waals surface area contributed by atoms with Crippen molar-refractivity contribution in [1.29, 1.82) is 0 Å². The van der Waals surface area contributed by atoms with Crippen molar-refractivity contribution in [2.24, 2.45) is 0 Å². The molecule has 0 radical (unpaired) electrons. The number of carbonyl (C=O) groups is 1. The Balaban J connectivity index is 1.93. The van der Waals surface area contributed by atoms with Crippen LogP contribution in [0.3, 0.4) is 0 Å². The van der Waals surface area contributed by atoms with Crippen LogP contribution >= 0.6 is 0 Å². The van der Waals surface area contributed by atoms with Gasteiger partial charge in [0.25, 0.3) is 0 Å². The van der Waals surface area contributed by atoms with E-state index in [1.165, 1.54) is 90.3 Å². The monoisotopic (exact) mass is 367 g/mol. The summed E-state index contributed by atoms with van der Waals surface area (Å²) in [5.41, 5.74) is 0. The number of carbonyl (C=O) groups excluding carboxylic acids is 1.